The van der Waals surface area contributed by atoms with Gasteiger partial charge in [-0.2, -0.15) is 9.78 Å². The van der Waals surface area contributed by atoms with Gasteiger partial charge in [-0.1, -0.05) is 13.8 Å². The third-order valence-corrected chi connectivity index (χ3v) is 6.13. The lowest BCUT2D eigenvalue weighted by Gasteiger charge is -2.50. The van der Waals surface area contributed by atoms with Gasteiger partial charge in [0.1, 0.15) is 5.78 Å². The van der Waals surface area contributed by atoms with E-state index in [1.807, 2.05) is 0 Å². The van der Waals surface area contributed by atoms with Gasteiger partial charge in [-0.15, -0.1) is 0 Å². The molecule has 4 nitrogen and oxygen atoms in total. The molecule has 6 atom stereocenters. The Bertz CT molecular complexity index is 446. The van der Waals surface area contributed by atoms with E-state index in [0.717, 1.165) is 37.5 Å². The zero-order chi connectivity index (χ0) is 14.7. The third-order valence-electron chi connectivity index (χ3n) is 6.13. The summed E-state index contributed by atoms with van der Waals surface area (Å²) in [6, 6.07) is 0. The largest absolute Gasteiger partial charge is 0.311 e. The molecular weight excluding hydrogens is 268 g/mol. The lowest BCUT2D eigenvalue weighted by Crippen LogP contribution is -2.54. The van der Waals surface area contributed by atoms with Gasteiger partial charge in [0.2, 0.25) is 11.6 Å². The second-order valence-electron chi connectivity index (χ2n) is 7.98. The Hall–Kier alpha value is -0.450. The van der Waals surface area contributed by atoms with Crippen molar-refractivity contribution in [2.45, 2.75) is 76.8 Å². The van der Waals surface area contributed by atoms with Gasteiger partial charge in [0, 0.05) is 24.7 Å². The molecule has 2 bridgehead atoms. The Labute approximate surface area is 126 Å². The van der Waals surface area contributed by atoms with Crippen molar-refractivity contribution in [3.8, 4) is 0 Å². The number of hydrogen-bond acceptors (Lipinski definition) is 4. The fourth-order valence-corrected chi connectivity index (χ4v) is 5.32. The highest BCUT2D eigenvalue weighted by molar-refractivity contribution is 5.80. The molecule has 0 N–H and O–H groups in total. The normalized spacial score (nSPS) is 53.5. The molecule has 1 heterocycles. The fraction of sp³-hybridized carbons (Fsp3) is 0.941. The second kappa shape index (κ2) is 4.77. The molecule has 0 radical (unpaired) electrons. The number of Topliss-reactive ketones (excluding diaryl/α,β-unsaturated/α-hetero) is 1. The van der Waals surface area contributed by atoms with E-state index in [2.05, 4.69) is 13.8 Å². The molecule has 21 heavy (non-hydrogen) atoms. The van der Waals surface area contributed by atoms with Gasteiger partial charge in [0.15, 0.2) is 0 Å². The minimum atomic E-state index is -0.795. The summed E-state index contributed by atoms with van der Waals surface area (Å²) in [5.41, 5.74) is 0. The highest BCUT2D eigenvalue weighted by atomic mass is 17.3. The van der Waals surface area contributed by atoms with Crippen LogP contribution >= 0.6 is 0 Å². The SMILES string of the molecule is CC1CC2CC(C)C3(OOC4(CCCC(=O)C4)O3)C(C1)C2. The maximum atomic E-state index is 11.8. The lowest BCUT2D eigenvalue weighted by molar-refractivity contribution is -0.379. The molecule has 3 aliphatic carbocycles. The van der Waals surface area contributed by atoms with E-state index in [1.165, 1.54) is 12.8 Å². The first-order valence-electron chi connectivity index (χ1n) is 8.60. The number of hydrogen-bond donors (Lipinski definition) is 0. The van der Waals surface area contributed by atoms with E-state index < -0.39 is 11.6 Å². The smallest absolute Gasteiger partial charge is 0.211 e. The molecule has 0 amide bonds. The van der Waals surface area contributed by atoms with Gasteiger partial charge >= 0.3 is 0 Å². The molecule has 6 unspecified atom stereocenters. The molecule has 0 aromatic rings. The number of carbonyl (C=O) groups excluding carboxylic acids is 1. The Morgan fingerprint density at radius 3 is 2.76 bits per heavy atom. The van der Waals surface area contributed by atoms with E-state index >= 15 is 0 Å². The minimum Gasteiger partial charge on any atom is -0.311 e. The van der Waals surface area contributed by atoms with Gasteiger partial charge in [-0.25, -0.2) is 0 Å². The zero-order valence-electron chi connectivity index (χ0n) is 13.1. The molecule has 2 spiro atoms. The summed E-state index contributed by atoms with van der Waals surface area (Å²) in [5, 5.41) is 0. The molecule has 3 saturated carbocycles. The van der Waals surface area contributed by atoms with Crippen LogP contribution in [0.2, 0.25) is 0 Å². The van der Waals surface area contributed by atoms with Gasteiger partial charge in [0.25, 0.3) is 0 Å². The Kier molecular flexibility index (Phi) is 3.22. The molecule has 4 rings (SSSR count). The van der Waals surface area contributed by atoms with Crippen molar-refractivity contribution in [3.05, 3.63) is 0 Å². The maximum absolute atomic E-state index is 11.8. The average molecular weight is 294 g/mol. The summed E-state index contributed by atoms with van der Waals surface area (Å²) >= 11 is 0. The predicted octanol–water partition coefficient (Wildman–Crippen LogP) is 3.59. The van der Waals surface area contributed by atoms with Crippen molar-refractivity contribution in [1.82, 2.24) is 0 Å². The summed E-state index contributed by atoms with van der Waals surface area (Å²) in [7, 11) is 0. The molecule has 4 fully saturated rings. The van der Waals surface area contributed by atoms with Gasteiger partial charge in [0.05, 0.1) is 6.42 Å². The fourth-order valence-electron chi connectivity index (χ4n) is 5.32. The van der Waals surface area contributed by atoms with Crippen molar-refractivity contribution >= 4 is 5.78 Å². The molecular formula is C17H26O4. The first-order valence-corrected chi connectivity index (χ1v) is 8.60. The van der Waals surface area contributed by atoms with Crippen LogP contribution in [0.15, 0.2) is 0 Å². The topological polar surface area (TPSA) is 44.8 Å². The first-order chi connectivity index (χ1) is 10.0. The van der Waals surface area contributed by atoms with Crippen LogP contribution in [0, 0.1) is 23.7 Å². The number of fused-ring (bicyclic) bond motifs is 3. The van der Waals surface area contributed by atoms with Crippen molar-refractivity contribution < 1.29 is 19.3 Å². The number of carbonyl (C=O) groups is 1. The number of ketones is 1. The van der Waals surface area contributed by atoms with Crippen LogP contribution in [-0.2, 0) is 19.3 Å². The standard InChI is InChI=1S/C17H26O4/c1-11-6-13-8-12(2)17(14(7-11)9-13)19-16(20-21-17)5-3-4-15(18)10-16/h11-14H,3-10H2,1-2H3. The summed E-state index contributed by atoms with van der Waals surface area (Å²) < 4.78 is 6.47. The van der Waals surface area contributed by atoms with E-state index in [1.54, 1.807) is 0 Å². The van der Waals surface area contributed by atoms with Gasteiger partial charge < -0.3 is 4.74 Å². The highest BCUT2D eigenvalue weighted by Crippen LogP contribution is 2.57. The van der Waals surface area contributed by atoms with Crippen molar-refractivity contribution in [3.63, 3.8) is 0 Å². The Morgan fingerprint density at radius 1 is 1.10 bits per heavy atom. The molecule has 4 heteroatoms. The second-order valence-corrected chi connectivity index (χ2v) is 7.98. The summed E-state index contributed by atoms with van der Waals surface area (Å²) in [6.07, 6.45) is 7.44. The third kappa shape index (κ3) is 2.18. The zero-order valence-corrected chi connectivity index (χ0v) is 13.1. The average Bonchev–Trinajstić information content (AvgIpc) is 2.77. The van der Waals surface area contributed by atoms with Crippen molar-refractivity contribution in [2.75, 3.05) is 0 Å². The van der Waals surface area contributed by atoms with E-state index in [4.69, 9.17) is 14.5 Å². The molecule has 0 aromatic carbocycles. The quantitative estimate of drug-likeness (QED) is 0.640. The lowest BCUT2D eigenvalue weighted by atomic mass is 9.62. The highest BCUT2D eigenvalue weighted by Gasteiger charge is 2.63. The van der Waals surface area contributed by atoms with Crippen LogP contribution < -0.4 is 0 Å². The predicted molar refractivity (Wildman–Crippen MR) is 76.0 cm³/mol. The summed E-state index contributed by atoms with van der Waals surface area (Å²) in [6.45, 7) is 4.56. The van der Waals surface area contributed by atoms with Crippen molar-refractivity contribution in [2.24, 2.45) is 23.7 Å². The van der Waals surface area contributed by atoms with Crippen LogP contribution in [0.1, 0.15) is 65.2 Å². The summed E-state index contributed by atoms with van der Waals surface area (Å²) in [5.74, 6) is 1.11. The van der Waals surface area contributed by atoms with Gasteiger partial charge in [-0.3, -0.25) is 4.79 Å². The Morgan fingerprint density at radius 2 is 1.95 bits per heavy atom. The van der Waals surface area contributed by atoms with Crippen LogP contribution in [-0.4, -0.2) is 17.4 Å². The van der Waals surface area contributed by atoms with Crippen LogP contribution in [0.25, 0.3) is 0 Å². The summed E-state index contributed by atoms with van der Waals surface area (Å²) in [4.78, 5) is 23.4. The van der Waals surface area contributed by atoms with E-state index in [9.17, 15) is 4.79 Å². The number of ether oxygens (including phenoxy) is 1. The Balaban J connectivity index is 1.60. The first kappa shape index (κ1) is 14.2. The molecule has 4 aliphatic rings. The molecule has 0 aromatic heterocycles. The molecule has 1 saturated heterocycles. The van der Waals surface area contributed by atoms with E-state index in [-0.39, 0.29) is 5.78 Å². The maximum Gasteiger partial charge on any atom is 0.211 e. The van der Waals surface area contributed by atoms with Gasteiger partial charge in [-0.05, 0) is 43.9 Å². The minimum absolute atomic E-state index is 0.236. The van der Waals surface area contributed by atoms with Crippen LogP contribution in [0.4, 0.5) is 0 Å². The van der Waals surface area contributed by atoms with E-state index in [0.29, 0.717) is 24.7 Å². The van der Waals surface area contributed by atoms with Crippen molar-refractivity contribution in [1.29, 1.82) is 0 Å². The van der Waals surface area contributed by atoms with Crippen LogP contribution in [0.3, 0.4) is 0 Å². The molecule has 1 aliphatic heterocycles. The molecule has 118 valence electrons. The van der Waals surface area contributed by atoms with Crippen LogP contribution in [0.5, 0.6) is 0 Å². The monoisotopic (exact) mass is 294 g/mol. The number of rotatable bonds is 0.